The lowest BCUT2D eigenvalue weighted by atomic mass is 10.2. The van der Waals surface area contributed by atoms with Crippen LogP contribution in [0.25, 0.3) is 0 Å². The first kappa shape index (κ1) is 12.5. The number of carbonyl (C=O) groups is 1. The van der Waals surface area contributed by atoms with Crippen LogP contribution in [-0.4, -0.2) is 21.2 Å². The zero-order valence-corrected chi connectivity index (χ0v) is 9.65. The molecular weight excluding hydrogens is 230 g/mol. The fourth-order valence-electron chi connectivity index (χ4n) is 1.23. The second kappa shape index (κ2) is 4.98. The Labute approximate surface area is 96.6 Å². The van der Waals surface area contributed by atoms with Gasteiger partial charge in [-0.15, -0.1) is 11.8 Å². The third kappa shape index (κ3) is 2.73. The largest absolute Gasteiger partial charge is 0.477 e. The van der Waals surface area contributed by atoms with Crippen molar-refractivity contribution < 1.29 is 14.8 Å². The number of thioether (sulfide) groups is 1. The number of para-hydroxylation sites is 1. The predicted molar refractivity (Wildman–Crippen MR) is 61.0 cm³/mol. The fraction of sp³-hybridized carbons (Fsp3) is 0.300. The Kier molecular flexibility index (Phi) is 3.89. The summed E-state index contributed by atoms with van der Waals surface area (Å²) in [6, 6.07) is 4.32. The summed E-state index contributed by atoms with van der Waals surface area (Å²) in [4.78, 5) is 21.5. The van der Waals surface area contributed by atoms with E-state index in [4.69, 9.17) is 5.11 Å². The van der Waals surface area contributed by atoms with Crippen LogP contribution in [-0.2, 0) is 0 Å². The van der Waals surface area contributed by atoms with Gasteiger partial charge in [0.25, 0.3) is 5.69 Å². The molecule has 0 fully saturated rings. The van der Waals surface area contributed by atoms with Crippen LogP contribution in [0.4, 0.5) is 5.69 Å². The van der Waals surface area contributed by atoms with Crippen LogP contribution in [0.5, 0.6) is 0 Å². The number of nitro groups is 1. The molecule has 0 bridgehead atoms. The van der Waals surface area contributed by atoms with Gasteiger partial charge in [-0.1, -0.05) is 19.9 Å². The zero-order valence-electron chi connectivity index (χ0n) is 8.84. The van der Waals surface area contributed by atoms with E-state index in [1.807, 2.05) is 13.8 Å². The van der Waals surface area contributed by atoms with Gasteiger partial charge >= 0.3 is 5.97 Å². The van der Waals surface area contributed by atoms with Gasteiger partial charge in [-0.25, -0.2) is 4.79 Å². The lowest BCUT2D eigenvalue weighted by Gasteiger charge is -2.07. The van der Waals surface area contributed by atoms with Crippen LogP contribution in [0.3, 0.4) is 0 Å². The first-order valence-corrected chi connectivity index (χ1v) is 5.48. The molecule has 6 heteroatoms. The molecule has 1 N–H and O–H groups in total. The summed E-state index contributed by atoms with van der Waals surface area (Å²) in [7, 11) is 0. The van der Waals surface area contributed by atoms with Crippen molar-refractivity contribution in [1.82, 2.24) is 0 Å². The summed E-state index contributed by atoms with van der Waals surface area (Å²) >= 11 is 1.28. The smallest absolute Gasteiger partial charge is 0.342 e. The maximum Gasteiger partial charge on any atom is 0.342 e. The number of carboxylic acids is 1. The Morgan fingerprint density at radius 2 is 2.12 bits per heavy atom. The molecule has 0 aliphatic carbocycles. The van der Waals surface area contributed by atoms with Crippen molar-refractivity contribution in [3.63, 3.8) is 0 Å². The molecule has 0 unspecified atom stereocenters. The minimum absolute atomic E-state index is 0.155. The molecule has 0 atom stereocenters. The van der Waals surface area contributed by atoms with Gasteiger partial charge in [0.1, 0.15) is 5.56 Å². The first-order chi connectivity index (χ1) is 7.43. The van der Waals surface area contributed by atoms with E-state index in [1.54, 1.807) is 6.07 Å². The molecule has 0 aliphatic rings. The molecule has 1 aromatic carbocycles. The van der Waals surface area contributed by atoms with Crippen molar-refractivity contribution in [2.45, 2.75) is 24.0 Å². The van der Waals surface area contributed by atoms with Crippen LogP contribution in [0, 0.1) is 10.1 Å². The zero-order chi connectivity index (χ0) is 12.3. The van der Waals surface area contributed by atoms with E-state index in [0.717, 1.165) is 0 Å². The Balaban J connectivity index is 3.32. The highest BCUT2D eigenvalue weighted by atomic mass is 32.2. The Morgan fingerprint density at radius 3 is 2.56 bits per heavy atom. The minimum atomic E-state index is -1.28. The SMILES string of the molecule is CC(C)Sc1cccc(C(=O)O)c1[N+](=O)[O-]. The molecule has 0 radical (unpaired) electrons. The predicted octanol–water partition coefficient (Wildman–Crippen LogP) is 2.79. The van der Waals surface area contributed by atoms with Crippen LogP contribution >= 0.6 is 11.8 Å². The minimum Gasteiger partial charge on any atom is -0.477 e. The molecule has 0 saturated carbocycles. The normalized spacial score (nSPS) is 10.4. The standard InChI is InChI=1S/C10H11NO4S/c1-6(2)16-8-5-3-4-7(10(12)13)9(8)11(14)15/h3-6H,1-2H3,(H,12,13). The molecule has 1 rings (SSSR count). The van der Waals surface area contributed by atoms with Crippen molar-refractivity contribution in [1.29, 1.82) is 0 Å². The second-order valence-electron chi connectivity index (χ2n) is 3.38. The van der Waals surface area contributed by atoms with E-state index in [9.17, 15) is 14.9 Å². The van der Waals surface area contributed by atoms with Gasteiger partial charge in [0, 0.05) is 5.25 Å². The van der Waals surface area contributed by atoms with E-state index in [2.05, 4.69) is 0 Å². The summed E-state index contributed by atoms with van der Waals surface area (Å²) in [6.07, 6.45) is 0. The van der Waals surface area contributed by atoms with Gasteiger partial charge in [0.2, 0.25) is 0 Å². The van der Waals surface area contributed by atoms with Gasteiger partial charge in [-0.2, -0.15) is 0 Å². The van der Waals surface area contributed by atoms with Crippen LogP contribution in [0.15, 0.2) is 23.1 Å². The summed E-state index contributed by atoms with van der Waals surface area (Å²) < 4.78 is 0. The van der Waals surface area contributed by atoms with Gasteiger partial charge in [0.15, 0.2) is 0 Å². The molecule has 16 heavy (non-hydrogen) atoms. The van der Waals surface area contributed by atoms with Crippen LogP contribution in [0.2, 0.25) is 0 Å². The van der Waals surface area contributed by atoms with E-state index in [1.165, 1.54) is 23.9 Å². The van der Waals surface area contributed by atoms with Gasteiger partial charge in [0.05, 0.1) is 9.82 Å². The average molecular weight is 241 g/mol. The number of carboxylic acid groups (broad SMARTS) is 1. The number of benzene rings is 1. The summed E-state index contributed by atoms with van der Waals surface area (Å²) in [6.45, 7) is 3.78. The lowest BCUT2D eigenvalue weighted by molar-refractivity contribution is -0.388. The summed E-state index contributed by atoms with van der Waals surface area (Å²) in [5.74, 6) is -1.28. The quantitative estimate of drug-likeness (QED) is 0.498. The summed E-state index contributed by atoms with van der Waals surface area (Å²) in [5.41, 5.74) is -0.593. The maximum atomic E-state index is 10.9. The van der Waals surface area contributed by atoms with Crippen molar-refractivity contribution in [2.75, 3.05) is 0 Å². The monoisotopic (exact) mass is 241 g/mol. The Morgan fingerprint density at radius 1 is 1.50 bits per heavy atom. The number of nitro benzene ring substituents is 1. The van der Waals surface area contributed by atoms with Gasteiger partial charge < -0.3 is 5.11 Å². The van der Waals surface area contributed by atoms with Crippen LogP contribution in [0.1, 0.15) is 24.2 Å². The molecule has 0 amide bonds. The number of hydrogen-bond donors (Lipinski definition) is 1. The van der Waals surface area contributed by atoms with Gasteiger partial charge in [-0.05, 0) is 12.1 Å². The number of nitrogens with zero attached hydrogens (tertiary/aromatic N) is 1. The van der Waals surface area contributed by atoms with Crippen LogP contribution < -0.4 is 0 Å². The molecule has 5 nitrogen and oxygen atoms in total. The van der Waals surface area contributed by atoms with E-state index in [-0.39, 0.29) is 16.5 Å². The molecule has 0 aliphatic heterocycles. The third-order valence-electron chi connectivity index (χ3n) is 1.77. The van der Waals surface area contributed by atoms with Crippen molar-refractivity contribution in [2.24, 2.45) is 0 Å². The molecule has 0 spiro atoms. The van der Waals surface area contributed by atoms with E-state index >= 15 is 0 Å². The highest BCUT2D eigenvalue weighted by molar-refractivity contribution is 8.00. The van der Waals surface area contributed by atoms with Crippen molar-refractivity contribution >= 4 is 23.4 Å². The third-order valence-corrected chi connectivity index (χ3v) is 2.83. The molecule has 1 aromatic rings. The molecule has 0 heterocycles. The Hall–Kier alpha value is -1.56. The topological polar surface area (TPSA) is 80.4 Å². The lowest BCUT2D eigenvalue weighted by Crippen LogP contribution is -2.04. The average Bonchev–Trinajstić information content (AvgIpc) is 2.15. The number of hydrogen-bond acceptors (Lipinski definition) is 4. The summed E-state index contributed by atoms with van der Waals surface area (Å²) in [5, 5.41) is 19.9. The molecule has 0 saturated heterocycles. The molecular formula is C10H11NO4S. The van der Waals surface area contributed by atoms with E-state index in [0.29, 0.717) is 4.90 Å². The van der Waals surface area contributed by atoms with Crippen molar-refractivity contribution in [3.05, 3.63) is 33.9 Å². The highest BCUT2D eigenvalue weighted by Gasteiger charge is 2.24. The first-order valence-electron chi connectivity index (χ1n) is 4.61. The number of aromatic carboxylic acids is 1. The molecule has 86 valence electrons. The highest BCUT2D eigenvalue weighted by Crippen LogP contribution is 2.34. The second-order valence-corrected chi connectivity index (χ2v) is 5.00. The molecule has 0 aromatic heterocycles. The Bertz CT molecular complexity index is 431. The van der Waals surface area contributed by atoms with E-state index < -0.39 is 10.9 Å². The van der Waals surface area contributed by atoms with Gasteiger partial charge in [-0.3, -0.25) is 10.1 Å². The maximum absolute atomic E-state index is 10.9. The fourth-order valence-corrected chi connectivity index (χ4v) is 2.19. The van der Waals surface area contributed by atoms with Crippen molar-refractivity contribution in [3.8, 4) is 0 Å². The number of rotatable bonds is 4.